The van der Waals surface area contributed by atoms with Gasteiger partial charge in [-0.1, -0.05) is 173 Å². The van der Waals surface area contributed by atoms with E-state index in [-0.39, 0.29) is 10.8 Å². The highest BCUT2D eigenvalue weighted by Crippen LogP contribution is 2.56. The molecule has 378 valence electrons. The zero-order valence-electron chi connectivity index (χ0n) is 44.8. The zero-order valence-corrected chi connectivity index (χ0v) is 44.8. The molecule has 0 radical (unpaired) electrons. The Morgan fingerprint density at radius 2 is 0.600 bits per heavy atom. The first-order valence-corrected chi connectivity index (χ1v) is 27.4. The molecule has 0 atom stereocenters. The van der Waals surface area contributed by atoms with Gasteiger partial charge in [-0.3, -0.25) is 0 Å². The average Bonchev–Trinajstić information content (AvgIpc) is 4.09. The Balaban J connectivity index is 1.04. The van der Waals surface area contributed by atoms with Crippen molar-refractivity contribution in [3.05, 3.63) is 276 Å². The molecule has 80 heavy (non-hydrogen) atoms. The molecule has 0 N–H and O–H groups in total. The molecular weight excluding hydrogens is 973 g/mol. The lowest BCUT2D eigenvalue weighted by atomic mass is 9.73. The molecular formula is C74H52N6. The average molecular weight is 1030 g/mol. The Morgan fingerprint density at radius 1 is 0.312 bits per heavy atom. The van der Waals surface area contributed by atoms with Crippen LogP contribution in [0.4, 0.5) is 34.1 Å². The largest absolute Gasteiger partial charge is 0.310 e. The molecule has 0 fully saturated rings. The molecule has 11 aromatic carbocycles. The maximum atomic E-state index is 11.2. The van der Waals surface area contributed by atoms with Crippen LogP contribution in [0.25, 0.3) is 77.2 Å². The molecule has 0 aliphatic carbocycles. The van der Waals surface area contributed by atoms with E-state index in [0.717, 1.165) is 111 Å². The molecule has 0 saturated heterocycles. The van der Waals surface area contributed by atoms with Crippen molar-refractivity contribution in [2.24, 2.45) is 0 Å². The van der Waals surface area contributed by atoms with Crippen LogP contribution in [0.5, 0.6) is 0 Å². The van der Waals surface area contributed by atoms with Gasteiger partial charge in [0.15, 0.2) is 0 Å². The van der Waals surface area contributed by atoms with Gasteiger partial charge in [0.25, 0.3) is 0 Å². The SMILES string of the molecule is CC1(C)c2ccccc2N(c2ccc(-n3c4ccccc4c4c(-c5ccccc5C#N)c5c(c(-c6ccccc6C#N)c43)c3ccccc3n5-c3ccc(N4c5ccccc5C(C)(C)c5ccccc54)cc3)cc2)c2ccccc21. The minimum Gasteiger partial charge on any atom is -0.310 e. The van der Waals surface area contributed by atoms with Crippen LogP contribution in [-0.2, 0) is 10.8 Å². The summed E-state index contributed by atoms with van der Waals surface area (Å²) in [5, 5.41) is 26.4. The summed E-state index contributed by atoms with van der Waals surface area (Å²) in [6.07, 6.45) is 0. The smallest absolute Gasteiger partial charge is 0.0998 e. The van der Waals surface area contributed by atoms with Crippen LogP contribution in [-0.4, -0.2) is 9.13 Å². The number of aromatic nitrogens is 2. The lowest BCUT2D eigenvalue weighted by Gasteiger charge is -2.42. The molecule has 0 spiro atoms. The fourth-order valence-corrected chi connectivity index (χ4v) is 13.8. The van der Waals surface area contributed by atoms with Gasteiger partial charge in [0.05, 0.1) is 68.1 Å². The minimum absolute atomic E-state index is 0.187. The summed E-state index contributed by atoms with van der Waals surface area (Å²) in [6, 6.07) is 91.6. The maximum absolute atomic E-state index is 11.2. The molecule has 0 bridgehead atoms. The van der Waals surface area contributed by atoms with Gasteiger partial charge >= 0.3 is 0 Å². The van der Waals surface area contributed by atoms with Crippen molar-refractivity contribution >= 4 is 77.7 Å². The van der Waals surface area contributed by atoms with E-state index in [0.29, 0.717) is 11.1 Å². The summed E-state index contributed by atoms with van der Waals surface area (Å²) in [4.78, 5) is 4.79. The molecule has 0 amide bonds. The van der Waals surface area contributed by atoms with Crippen molar-refractivity contribution < 1.29 is 0 Å². The van der Waals surface area contributed by atoms with Gasteiger partial charge in [-0.05, 0) is 119 Å². The number of hydrogen-bond acceptors (Lipinski definition) is 4. The summed E-state index contributed by atoms with van der Waals surface area (Å²) in [6.45, 7) is 9.27. The normalized spacial score (nSPS) is 13.9. The van der Waals surface area contributed by atoms with Gasteiger partial charge in [0, 0.05) is 77.4 Å². The number of nitrogens with zero attached hydrogens (tertiary/aromatic N) is 6. The van der Waals surface area contributed by atoms with Gasteiger partial charge in [-0.15, -0.1) is 0 Å². The second-order valence-corrected chi connectivity index (χ2v) is 22.2. The highest BCUT2D eigenvalue weighted by atomic mass is 15.2. The molecule has 6 heteroatoms. The monoisotopic (exact) mass is 1020 g/mol. The van der Waals surface area contributed by atoms with Crippen molar-refractivity contribution in [1.82, 2.24) is 9.13 Å². The summed E-state index contributed by atoms with van der Waals surface area (Å²) in [5.41, 5.74) is 22.1. The van der Waals surface area contributed by atoms with Gasteiger partial charge in [0.1, 0.15) is 0 Å². The van der Waals surface area contributed by atoms with E-state index in [4.69, 9.17) is 0 Å². The first-order chi connectivity index (χ1) is 39.2. The molecule has 0 unspecified atom stereocenters. The van der Waals surface area contributed by atoms with Crippen LogP contribution < -0.4 is 9.80 Å². The Hall–Kier alpha value is -10.4. The van der Waals surface area contributed by atoms with Crippen LogP contribution in [0.15, 0.2) is 243 Å². The third-order valence-corrected chi connectivity index (χ3v) is 17.4. The van der Waals surface area contributed by atoms with E-state index >= 15 is 0 Å². The number of anilines is 6. The van der Waals surface area contributed by atoms with Crippen molar-refractivity contribution in [2.75, 3.05) is 9.80 Å². The summed E-state index contributed by atoms with van der Waals surface area (Å²) in [5.74, 6) is 0. The molecule has 13 aromatic rings. The van der Waals surface area contributed by atoms with E-state index < -0.39 is 0 Å². The van der Waals surface area contributed by atoms with Crippen LogP contribution >= 0.6 is 0 Å². The Kier molecular flexibility index (Phi) is 10.3. The zero-order chi connectivity index (χ0) is 54.0. The van der Waals surface area contributed by atoms with Crippen molar-refractivity contribution in [2.45, 2.75) is 38.5 Å². The van der Waals surface area contributed by atoms with Crippen molar-refractivity contribution in [1.29, 1.82) is 10.5 Å². The molecule has 2 aliphatic heterocycles. The van der Waals surface area contributed by atoms with E-state index in [1.54, 1.807) is 0 Å². The molecule has 6 nitrogen and oxygen atoms in total. The van der Waals surface area contributed by atoms with E-state index in [2.05, 4.69) is 265 Å². The number of para-hydroxylation sites is 6. The Morgan fingerprint density at radius 3 is 0.950 bits per heavy atom. The topological polar surface area (TPSA) is 63.9 Å². The fraction of sp³-hybridized carbons (Fsp3) is 0.0811. The van der Waals surface area contributed by atoms with Crippen LogP contribution in [0.2, 0.25) is 0 Å². The third kappa shape index (κ3) is 6.57. The van der Waals surface area contributed by atoms with Crippen LogP contribution in [0.3, 0.4) is 0 Å². The van der Waals surface area contributed by atoms with Gasteiger partial charge in [-0.2, -0.15) is 10.5 Å². The van der Waals surface area contributed by atoms with Crippen LogP contribution in [0, 0.1) is 22.7 Å². The number of fused-ring (bicyclic) bond motifs is 10. The number of hydrogen-bond donors (Lipinski definition) is 0. The first-order valence-electron chi connectivity index (χ1n) is 27.4. The van der Waals surface area contributed by atoms with Crippen molar-refractivity contribution in [3.8, 4) is 45.8 Å². The Bertz CT molecular complexity index is 4400. The van der Waals surface area contributed by atoms with E-state index in [1.165, 1.54) is 22.3 Å². The van der Waals surface area contributed by atoms with Gasteiger partial charge < -0.3 is 18.9 Å². The van der Waals surface area contributed by atoms with E-state index in [1.807, 2.05) is 36.4 Å². The molecule has 2 aliphatic rings. The fourth-order valence-electron chi connectivity index (χ4n) is 13.8. The number of nitriles is 2. The second kappa shape index (κ2) is 17.6. The number of benzene rings is 11. The molecule has 0 saturated carbocycles. The highest BCUT2D eigenvalue weighted by molar-refractivity contribution is 6.33. The van der Waals surface area contributed by atoms with Gasteiger partial charge in [-0.25, -0.2) is 0 Å². The number of rotatable bonds is 6. The highest BCUT2D eigenvalue weighted by Gasteiger charge is 2.39. The van der Waals surface area contributed by atoms with Gasteiger partial charge in [0.2, 0.25) is 0 Å². The summed E-state index contributed by atoms with van der Waals surface area (Å²) < 4.78 is 4.79. The lowest BCUT2D eigenvalue weighted by Crippen LogP contribution is -2.30. The third-order valence-electron chi connectivity index (χ3n) is 17.4. The predicted octanol–water partition coefficient (Wildman–Crippen LogP) is 19.2. The predicted molar refractivity (Wildman–Crippen MR) is 329 cm³/mol. The molecule has 2 aromatic heterocycles. The van der Waals surface area contributed by atoms with Crippen LogP contribution in [0.1, 0.15) is 61.1 Å². The Labute approximate surface area is 465 Å². The molecule has 4 heterocycles. The minimum atomic E-state index is -0.187. The van der Waals surface area contributed by atoms with E-state index in [9.17, 15) is 10.5 Å². The molecule has 15 rings (SSSR count). The lowest BCUT2D eigenvalue weighted by molar-refractivity contribution is 0.632. The second-order valence-electron chi connectivity index (χ2n) is 22.2. The first kappa shape index (κ1) is 46.9. The quantitative estimate of drug-likeness (QED) is 0.166. The maximum Gasteiger partial charge on any atom is 0.0998 e. The standard InChI is InChI=1S/C74H52N6/c1-73(2)57-27-11-17-33-63(57)77(64-34-18-12-28-58(64)73)49-37-41-51(42-38-49)79-61-31-15-9-25-55(61)69-68(54-24-8-6-22-48(54)46-76)72-70(67(71(69)79)53-23-7-5-21-47(53)45-75)56-26-10-16-32-62(56)80(72)52-43-39-50(40-44-52)78-65-35-19-13-29-59(65)74(3,4)60-30-14-20-36-66(60)78/h5-44H,1-4H3. The summed E-state index contributed by atoms with van der Waals surface area (Å²) in [7, 11) is 0. The summed E-state index contributed by atoms with van der Waals surface area (Å²) >= 11 is 0. The van der Waals surface area contributed by atoms with Crippen molar-refractivity contribution in [3.63, 3.8) is 0 Å².